The van der Waals surface area contributed by atoms with Gasteiger partial charge in [-0.2, -0.15) is 4.98 Å². The van der Waals surface area contributed by atoms with E-state index in [1.54, 1.807) is 36.5 Å². The molecule has 1 N–H and O–H groups in total. The summed E-state index contributed by atoms with van der Waals surface area (Å²) >= 11 is 6.26. The average molecular weight is 358 g/mol. The topological polar surface area (TPSA) is 98.3 Å². The van der Waals surface area contributed by atoms with Crippen LogP contribution in [0.3, 0.4) is 0 Å². The third-order valence-electron chi connectivity index (χ3n) is 3.18. The zero-order chi connectivity index (χ0) is 17.8. The second-order valence-corrected chi connectivity index (χ2v) is 5.42. The number of aliphatic carboxylic acids is 1. The molecule has 0 radical (unpaired) electrons. The Labute approximate surface area is 147 Å². The number of nitrogens with zero attached hydrogens (tertiary/aromatic N) is 3. The number of rotatable bonds is 6. The largest absolute Gasteiger partial charge is 0.478 e. The molecule has 0 aliphatic rings. The first-order chi connectivity index (χ1) is 12.0. The van der Waals surface area contributed by atoms with Gasteiger partial charge < -0.3 is 14.4 Å². The van der Waals surface area contributed by atoms with Gasteiger partial charge in [0.15, 0.2) is 0 Å². The average Bonchev–Trinajstić information content (AvgIpc) is 3.04. The van der Waals surface area contributed by atoms with Crippen LogP contribution in [-0.4, -0.2) is 26.2 Å². The summed E-state index contributed by atoms with van der Waals surface area (Å²) in [4.78, 5) is 19.0. The Bertz CT molecular complexity index is 925. The number of pyridine rings is 1. The fourth-order valence-electron chi connectivity index (χ4n) is 1.96. The minimum atomic E-state index is -1.12. The number of aromatic nitrogens is 3. The fourth-order valence-corrected chi connectivity index (χ4v) is 2.22. The van der Waals surface area contributed by atoms with Crippen LogP contribution in [0.25, 0.3) is 11.4 Å². The zero-order valence-electron chi connectivity index (χ0n) is 12.8. The number of hydrogen-bond acceptors (Lipinski definition) is 6. The highest BCUT2D eigenvalue weighted by Crippen LogP contribution is 2.31. The minimum Gasteiger partial charge on any atom is -0.478 e. The van der Waals surface area contributed by atoms with Gasteiger partial charge in [-0.15, -0.1) is 0 Å². The van der Waals surface area contributed by atoms with E-state index in [1.807, 2.05) is 6.07 Å². The van der Waals surface area contributed by atoms with Gasteiger partial charge in [-0.1, -0.05) is 29.4 Å². The standard InChI is InChI=1S/C17H12ClN3O4/c1-10(17(22)23)8-15-20-16(21-25-15)12-6-5-11(9-13(12)18)24-14-4-2-3-7-19-14/h2-7,9H,1,8H2,(H,22,23). The molecule has 0 bridgehead atoms. The Morgan fingerprint density at radius 1 is 1.32 bits per heavy atom. The first kappa shape index (κ1) is 16.7. The Morgan fingerprint density at radius 3 is 2.84 bits per heavy atom. The molecule has 0 aliphatic carbocycles. The van der Waals surface area contributed by atoms with Crippen LogP contribution < -0.4 is 4.74 Å². The van der Waals surface area contributed by atoms with Crippen LogP contribution in [0.2, 0.25) is 5.02 Å². The summed E-state index contributed by atoms with van der Waals surface area (Å²) < 4.78 is 10.6. The summed E-state index contributed by atoms with van der Waals surface area (Å²) in [5.41, 5.74) is 0.492. The van der Waals surface area contributed by atoms with Crippen LogP contribution in [-0.2, 0) is 11.2 Å². The van der Waals surface area contributed by atoms with E-state index in [1.165, 1.54) is 0 Å². The Hall–Kier alpha value is -3.19. The molecule has 0 atom stereocenters. The number of carboxylic acids is 1. The SMILES string of the molecule is C=C(Cc1nc(-c2ccc(Oc3ccccn3)cc2Cl)no1)C(=O)O. The molecule has 3 rings (SSSR count). The van der Waals surface area contributed by atoms with E-state index in [2.05, 4.69) is 21.7 Å². The normalized spacial score (nSPS) is 10.4. The van der Waals surface area contributed by atoms with Crippen molar-refractivity contribution in [2.75, 3.05) is 0 Å². The third kappa shape index (κ3) is 4.02. The van der Waals surface area contributed by atoms with Gasteiger partial charge in [0.25, 0.3) is 0 Å². The van der Waals surface area contributed by atoms with Crippen LogP contribution >= 0.6 is 11.6 Å². The van der Waals surface area contributed by atoms with E-state index in [0.717, 1.165) is 0 Å². The number of hydrogen-bond donors (Lipinski definition) is 1. The van der Waals surface area contributed by atoms with Crippen LogP contribution in [0.4, 0.5) is 0 Å². The van der Waals surface area contributed by atoms with Gasteiger partial charge in [-0.05, 0) is 18.2 Å². The maximum absolute atomic E-state index is 10.8. The number of ether oxygens (including phenoxy) is 1. The van der Waals surface area contributed by atoms with E-state index in [-0.39, 0.29) is 23.7 Å². The van der Waals surface area contributed by atoms with E-state index in [4.69, 9.17) is 26.0 Å². The van der Waals surface area contributed by atoms with Crippen molar-refractivity contribution in [3.8, 4) is 23.0 Å². The summed E-state index contributed by atoms with van der Waals surface area (Å²) in [7, 11) is 0. The highest BCUT2D eigenvalue weighted by molar-refractivity contribution is 6.33. The summed E-state index contributed by atoms with van der Waals surface area (Å²) in [5, 5.41) is 13.0. The first-order valence-electron chi connectivity index (χ1n) is 7.15. The van der Waals surface area contributed by atoms with Crippen LogP contribution in [0.5, 0.6) is 11.6 Å². The highest BCUT2D eigenvalue weighted by Gasteiger charge is 2.15. The van der Waals surface area contributed by atoms with Gasteiger partial charge in [0.2, 0.25) is 17.6 Å². The zero-order valence-corrected chi connectivity index (χ0v) is 13.6. The van der Waals surface area contributed by atoms with E-state index < -0.39 is 5.97 Å². The lowest BCUT2D eigenvalue weighted by atomic mass is 10.2. The molecule has 0 spiro atoms. The fraction of sp³-hybridized carbons (Fsp3) is 0.0588. The molecule has 1 aromatic carbocycles. The van der Waals surface area contributed by atoms with Crippen molar-refractivity contribution >= 4 is 17.6 Å². The molecule has 8 heteroatoms. The molecule has 2 heterocycles. The molecule has 0 unspecified atom stereocenters. The number of benzene rings is 1. The quantitative estimate of drug-likeness (QED) is 0.670. The maximum atomic E-state index is 10.8. The summed E-state index contributed by atoms with van der Waals surface area (Å²) in [5.74, 6) is 0.236. The van der Waals surface area contributed by atoms with Crippen molar-refractivity contribution in [1.82, 2.24) is 15.1 Å². The van der Waals surface area contributed by atoms with E-state index in [9.17, 15) is 4.79 Å². The van der Waals surface area contributed by atoms with Gasteiger partial charge in [0, 0.05) is 29.5 Å². The summed E-state index contributed by atoms with van der Waals surface area (Å²) in [6, 6.07) is 10.3. The van der Waals surface area contributed by atoms with Crippen molar-refractivity contribution in [3.05, 3.63) is 65.7 Å². The number of halogens is 1. The molecule has 0 aliphatic heterocycles. The predicted molar refractivity (Wildman–Crippen MR) is 89.5 cm³/mol. The molecule has 0 fully saturated rings. The van der Waals surface area contributed by atoms with Crippen molar-refractivity contribution in [3.63, 3.8) is 0 Å². The summed E-state index contributed by atoms with van der Waals surface area (Å²) in [6.45, 7) is 3.42. The van der Waals surface area contributed by atoms with Crippen LogP contribution in [0, 0.1) is 0 Å². The Morgan fingerprint density at radius 2 is 2.16 bits per heavy atom. The lowest BCUT2D eigenvalue weighted by Gasteiger charge is -2.06. The van der Waals surface area contributed by atoms with Gasteiger partial charge in [0.05, 0.1) is 11.4 Å². The lowest BCUT2D eigenvalue weighted by Crippen LogP contribution is -2.02. The molecule has 0 saturated heterocycles. The molecule has 7 nitrogen and oxygen atoms in total. The van der Waals surface area contributed by atoms with Gasteiger partial charge in [0.1, 0.15) is 5.75 Å². The highest BCUT2D eigenvalue weighted by atomic mass is 35.5. The van der Waals surface area contributed by atoms with Gasteiger partial charge >= 0.3 is 5.97 Å². The lowest BCUT2D eigenvalue weighted by molar-refractivity contribution is -0.132. The van der Waals surface area contributed by atoms with E-state index in [0.29, 0.717) is 22.2 Å². The molecule has 25 heavy (non-hydrogen) atoms. The van der Waals surface area contributed by atoms with Crippen molar-refractivity contribution in [2.24, 2.45) is 0 Å². The van der Waals surface area contributed by atoms with Crippen molar-refractivity contribution < 1.29 is 19.2 Å². The van der Waals surface area contributed by atoms with Crippen LogP contribution in [0.15, 0.2) is 59.3 Å². The van der Waals surface area contributed by atoms with Crippen LogP contribution in [0.1, 0.15) is 5.89 Å². The second kappa shape index (κ2) is 7.14. The monoisotopic (exact) mass is 357 g/mol. The molecule has 0 amide bonds. The molecule has 126 valence electrons. The molecular formula is C17H12ClN3O4. The first-order valence-corrected chi connectivity index (χ1v) is 7.53. The van der Waals surface area contributed by atoms with Gasteiger partial charge in [-0.3, -0.25) is 0 Å². The van der Waals surface area contributed by atoms with Crippen molar-refractivity contribution in [2.45, 2.75) is 6.42 Å². The molecule has 2 aromatic heterocycles. The molecule has 3 aromatic rings. The Kier molecular flexibility index (Phi) is 4.76. The van der Waals surface area contributed by atoms with E-state index >= 15 is 0 Å². The minimum absolute atomic E-state index is 0.0408. The van der Waals surface area contributed by atoms with Crippen molar-refractivity contribution in [1.29, 1.82) is 0 Å². The molecule has 0 saturated carbocycles. The second-order valence-electron chi connectivity index (χ2n) is 5.01. The maximum Gasteiger partial charge on any atom is 0.331 e. The predicted octanol–water partition coefficient (Wildman–Crippen LogP) is 3.76. The Balaban J connectivity index is 1.78. The number of carbonyl (C=O) groups is 1. The molecular weight excluding hydrogens is 346 g/mol. The summed E-state index contributed by atoms with van der Waals surface area (Å²) in [6.07, 6.45) is 1.58. The number of carboxylic acid groups (broad SMARTS) is 1. The smallest absolute Gasteiger partial charge is 0.331 e. The van der Waals surface area contributed by atoms with Gasteiger partial charge in [-0.25, -0.2) is 9.78 Å². The third-order valence-corrected chi connectivity index (χ3v) is 3.49.